The Hall–Kier alpha value is -1.26. The summed E-state index contributed by atoms with van der Waals surface area (Å²) in [4.78, 5) is 16.9. The second-order valence-corrected chi connectivity index (χ2v) is 7.62. The lowest BCUT2D eigenvalue weighted by molar-refractivity contribution is -0.123. The third-order valence-electron chi connectivity index (χ3n) is 5.37. The van der Waals surface area contributed by atoms with Crippen LogP contribution in [-0.4, -0.2) is 49.6 Å². The van der Waals surface area contributed by atoms with E-state index in [1.807, 2.05) is 18.2 Å². The van der Waals surface area contributed by atoms with Crippen LogP contribution in [0.1, 0.15) is 32.6 Å². The molecule has 2 aliphatic rings. The van der Waals surface area contributed by atoms with Crippen molar-refractivity contribution < 1.29 is 4.79 Å². The van der Waals surface area contributed by atoms with Gasteiger partial charge < -0.3 is 10.2 Å². The number of nitrogens with zero attached hydrogens (tertiary/aromatic N) is 2. The van der Waals surface area contributed by atoms with Crippen LogP contribution in [0.25, 0.3) is 0 Å². The van der Waals surface area contributed by atoms with Crippen molar-refractivity contribution in [1.82, 2.24) is 10.2 Å². The molecule has 0 aromatic heterocycles. The van der Waals surface area contributed by atoms with Gasteiger partial charge in [0.05, 0.1) is 6.54 Å². The number of carbonyl (C=O) groups excluding carboxylic acids is 1. The van der Waals surface area contributed by atoms with Crippen molar-refractivity contribution in [2.45, 2.75) is 38.6 Å². The van der Waals surface area contributed by atoms with Gasteiger partial charge in [-0.3, -0.25) is 9.69 Å². The molecule has 1 aromatic rings. The Balaban J connectivity index is 1.44. The fraction of sp³-hybridized carbons (Fsp3) is 0.632. The molecular formula is C19H28ClN3O. The predicted octanol–water partition coefficient (Wildman–Crippen LogP) is 3.16. The molecule has 2 fully saturated rings. The summed E-state index contributed by atoms with van der Waals surface area (Å²) in [6, 6.07) is 8.37. The average Bonchev–Trinajstić information content (AvgIpc) is 2.58. The summed E-state index contributed by atoms with van der Waals surface area (Å²) in [5.74, 6) is 0.798. The molecule has 0 spiro atoms. The van der Waals surface area contributed by atoms with Gasteiger partial charge in [0.2, 0.25) is 5.91 Å². The number of benzene rings is 1. The molecule has 5 heteroatoms. The van der Waals surface area contributed by atoms with Crippen LogP contribution in [0.2, 0.25) is 5.02 Å². The molecule has 0 unspecified atom stereocenters. The van der Waals surface area contributed by atoms with Gasteiger partial charge in [-0.15, -0.1) is 0 Å². The molecule has 1 aliphatic heterocycles. The monoisotopic (exact) mass is 349 g/mol. The minimum absolute atomic E-state index is 0.185. The molecule has 1 amide bonds. The fourth-order valence-corrected chi connectivity index (χ4v) is 4.01. The average molecular weight is 350 g/mol. The minimum Gasteiger partial charge on any atom is -0.369 e. The highest BCUT2D eigenvalue weighted by Crippen LogP contribution is 2.24. The van der Waals surface area contributed by atoms with Gasteiger partial charge in [0.15, 0.2) is 0 Å². The molecule has 24 heavy (non-hydrogen) atoms. The van der Waals surface area contributed by atoms with Crippen LogP contribution in [0, 0.1) is 5.92 Å². The smallest absolute Gasteiger partial charge is 0.234 e. The van der Waals surface area contributed by atoms with Gasteiger partial charge in [-0.2, -0.15) is 0 Å². The molecule has 3 rings (SSSR count). The normalized spacial score (nSPS) is 25.5. The van der Waals surface area contributed by atoms with E-state index in [-0.39, 0.29) is 5.91 Å². The van der Waals surface area contributed by atoms with Gasteiger partial charge in [-0.05, 0) is 37.0 Å². The predicted molar refractivity (Wildman–Crippen MR) is 99.7 cm³/mol. The van der Waals surface area contributed by atoms with E-state index in [2.05, 4.69) is 28.1 Å². The zero-order valence-corrected chi connectivity index (χ0v) is 15.3. The van der Waals surface area contributed by atoms with Crippen LogP contribution < -0.4 is 10.2 Å². The van der Waals surface area contributed by atoms with Gasteiger partial charge in [0, 0.05) is 42.9 Å². The summed E-state index contributed by atoms with van der Waals surface area (Å²) < 4.78 is 0. The van der Waals surface area contributed by atoms with Crippen molar-refractivity contribution in [3.63, 3.8) is 0 Å². The lowest BCUT2D eigenvalue weighted by atomic mass is 9.86. The molecule has 1 aliphatic carbocycles. The van der Waals surface area contributed by atoms with Gasteiger partial charge >= 0.3 is 0 Å². The summed E-state index contributed by atoms with van der Waals surface area (Å²) >= 11 is 6.08. The number of hydrogen-bond acceptors (Lipinski definition) is 3. The van der Waals surface area contributed by atoms with Gasteiger partial charge in [0.1, 0.15) is 0 Å². The molecule has 1 saturated heterocycles. The third kappa shape index (κ3) is 4.64. The van der Waals surface area contributed by atoms with Gasteiger partial charge in [-0.25, -0.2) is 0 Å². The number of anilines is 1. The molecule has 1 heterocycles. The second-order valence-electron chi connectivity index (χ2n) is 7.18. The molecule has 1 N–H and O–H groups in total. The molecule has 1 aromatic carbocycles. The van der Waals surface area contributed by atoms with Crippen LogP contribution in [0.4, 0.5) is 5.69 Å². The Labute approximate surface area is 150 Å². The minimum atomic E-state index is 0.185. The van der Waals surface area contributed by atoms with Gasteiger partial charge in [-0.1, -0.05) is 37.4 Å². The SMILES string of the molecule is C[C@H]1CCCC[C@H]1NC(=O)CN1CCN(c2cccc(Cl)c2)CC1. The molecular weight excluding hydrogens is 322 g/mol. The molecule has 132 valence electrons. The molecule has 4 nitrogen and oxygen atoms in total. The van der Waals surface area contributed by atoms with Crippen molar-refractivity contribution >= 4 is 23.2 Å². The largest absolute Gasteiger partial charge is 0.369 e. The first-order valence-corrected chi connectivity index (χ1v) is 9.52. The first-order chi connectivity index (χ1) is 11.6. The highest BCUT2D eigenvalue weighted by molar-refractivity contribution is 6.30. The fourth-order valence-electron chi connectivity index (χ4n) is 3.82. The Kier molecular flexibility index (Phi) is 6.01. The summed E-state index contributed by atoms with van der Waals surface area (Å²) in [5.41, 5.74) is 1.17. The molecule has 2 atom stereocenters. The highest BCUT2D eigenvalue weighted by Gasteiger charge is 2.24. The van der Waals surface area contributed by atoms with E-state index in [0.717, 1.165) is 37.6 Å². The summed E-state index contributed by atoms with van der Waals surface area (Å²) in [7, 11) is 0. The van der Waals surface area contributed by atoms with Crippen LogP contribution in [0.5, 0.6) is 0 Å². The molecule has 0 radical (unpaired) electrons. The summed E-state index contributed by atoms with van der Waals surface area (Å²) in [5, 5.41) is 4.03. The van der Waals surface area contributed by atoms with Crippen molar-refractivity contribution in [1.29, 1.82) is 0 Å². The van der Waals surface area contributed by atoms with Crippen LogP contribution in [-0.2, 0) is 4.79 Å². The van der Waals surface area contributed by atoms with E-state index in [9.17, 15) is 4.79 Å². The van der Waals surface area contributed by atoms with Crippen LogP contribution in [0.15, 0.2) is 24.3 Å². The standard InChI is InChI=1S/C19H28ClN3O/c1-15-5-2-3-8-18(15)21-19(24)14-22-9-11-23(12-10-22)17-7-4-6-16(20)13-17/h4,6-7,13,15,18H,2-3,5,8-12,14H2,1H3,(H,21,24)/t15-,18+/m0/s1. The van der Waals surface area contributed by atoms with Crippen LogP contribution >= 0.6 is 11.6 Å². The number of carbonyl (C=O) groups is 1. The van der Waals surface area contributed by atoms with E-state index in [1.165, 1.54) is 24.9 Å². The van der Waals surface area contributed by atoms with E-state index in [0.29, 0.717) is 18.5 Å². The van der Waals surface area contributed by atoms with Crippen molar-refractivity contribution in [3.8, 4) is 0 Å². The maximum Gasteiger partial charge on any atom is 0.234 e. The molecule has 0 bridgehead atoms. The Morgan fingerprint density at radius 3 is 2.67 bits per heavy atom. The number of halogens is 1. The Morgan fingerprint density at radius 2 is 1.96 bits per heavy atom. The third-order valence-corrected chi connectivity index (χ3v) is 5.61. The number of nitrogens with one attached hydrogen (secondary N) is 1. The Bertz CT molecular complexity index is 557. The molecule has 1 saturated carbocycles. The maximum atomic E-state index is 12.3. The van der Waals surface area contributed by atoms with Gasteiger partial charge in [0.25, 0.3) is 0 Å². The van der Waals surface area contributed by atoms with Crippen LogP contribution in [0.3, 0.4) is 0 Å². The van der Waals surface area contributed by atoms with E-state index in [1.54, 1.807) is 0 Å². The second kappa shape index (κ2) is 8.21. The number of piperazine rings is 1. The maximum absolute atomic E-state index is 12.3. The number of hydrogen-bond donors (Lipinski definition) is 1. The summed E-state index contributed by atoms with van der Waals surface area (Å²) in [6.07, 6.45) is 4.92. The topological polar surface area (TPSA) is 35.6 Å². The van der Waals surface area contributed by atoms with Crippen molar-refractivity contribution in [2.24, 2.45) is 5.92 Å². The van der Waals surface area contributed by atoms with Crippen molar-refractivity contribution in [2.75, 3.05) is 37.6 Å². The first kappa shape index (κ1) is 17.6. The number of amides is 1. The first-order valence-electron chi connectivity index (χ1n) is 9.14. The zero-order valence-electron chi connectivity index (χ0n) is 14.5. The Morgan fingerprint density at radius 1 is 1.21 bits per heavy atom. The van der Waals surface area contributed by atoms with E-state index < -0.39 is 0 Å². The zero-order chi connectivity index (χ0) is 16.9. The number of rotatable bonds is 4. The highest BCUT2D eigenvalue weighted by atomic mass is 35.5. The lowest BCUT2D eigenvalue weighted by Gasteiger charge is -2.36. The lowest BCUT2D eigenvalue weighted by Crippen LogP contribution is -2.51. The van der Waals surface area contributed by atoms with E-state index >= 15 is 0 Å². The summed E-state index contributed by atoms with van der Waals surface area (Å²) in [6.45, 7) is 6.49. The van der Waals surface area contributed by atoms with Crippen molar-refractivity contribution in [3.05, 3.63) is 29.3 Å². The quantitative estimate of drug-likeness (QED) is 0.907. The van der Waals surface area contributed by atoms with E-state index in [4.69, 9.17) is 11.6 Å².